The predicted octanol–water partition coefficient (Wildman–Crippen LogP) is 4.32. The Kier molecular flexibility index (Phi) is 4.63. The number of rotatable bonds is 3. The number of nitrogens with zero attached hydrogens (tertiary/aromatic N) is 3. The minimum atomic E-state index is -0.233. The number of hydrogen-bond acceptors (Lipinski definition) is 4. The zero-order valence-electron chi connectivity index (χ0n) is 18.0. The zero-order chi connectivity index (χ0) is 22.4. The van der Waals surface area contributed by atoms with Crippen LogP contribution >= 0.6 is 0 Å². The SMILES string of the molecule is COc1ccc(-n2ccc3nc4ccn(-c5cc(C)ccc5C)c(=O)c4cc3c2=O)cc1. The highest BCUT2D eigenvalue weighted by Gasteiger charge is 2.12. The maximum absolute atomic E-state index is 13.4. The van der Waals surface area contributed by atoms with Crippen LogP contribution in [0.1, 0.15) is 11.1 Å². The third kappa shape index (κ3) is 3.17. The Bertz CT molecular complexity index is 1610. The predicted molar refractivity (Wildman–Crippen MR) is 126 cm³/mol. The third-order valence-corrected chi connectivity index (χ3v) is 5.72. The molecule has 6 nitrogen and oxygen atoms in total. The van der Waals surface area contributed by atoms with Crippen molar-refractivity contribution in [2.24, 2.45) is 0 Å². The van der Waals surface area contributed by atoms with Crippen LogP contribution in [0.4, 0.5) is 0 Å². The van der Waals surface area contributed by atoms with Crippen molar-refractivity contribution in [2.75, 3.05) is 7.11 Å². The number of fused-ring (bicyclic) bond motifs is 2. The van der Waals surface area contributed by atoms with Crippen LogP contribution in [-0.2, 0) is 0 Å². The molecule has 0 spiro atoms. The summed E-state index contributed by atoms with van der Waals surface area (Å²) >= 11 is 0. The fraction of sp³-hybridized carbons (Fsp3) is 0.115. The van der Waals surface area contributed by atoms with E-state index in [1.807, 2.05) is 50.2 Å². The fourth-order valence-electron chi connectivity index (χ4n) is 3.94. The van der Waals surface area contributed by atoms with E-state index < -0.39 is 0 Å². The molecule has 5 rings (SSSR count). The molecule has 0 atom stereocenters. The van der Waals surface area contributed by atoms with E-state index in [0.717, 1.165) is 16.8 Å². The monoisotopic (exact) mass is 423 g/mol. The lowest BCUT2D eigenvalue weighted by atomic mass is 10.1. The van der Waals surface area contributed by atoms with Gasteiger partial charge in [0.2, 0.25) is 0 Å². The summed E-state index contributed by atoms with van der Waals surface area (Å²) in [5.74, 6) is 0.710. The van der Waals surface area contributed by atoms with E-state index in [2.05, 4.69) is 4.98 Å². The summed E-state index contributed by atoms with van der Waals surface area (Å²) in [6.45, 7) is 3.96. The summed E-state index contributed by atoms with van der Waals surface area (Å²) in [5.41, 5.74) is 4.26. The van der Waals surface area contributed by atoms with Gasteiger partial charge in [-0.3, -0.25) is 18.7 Å². The number of pyridine rings is 3. The number of ether oxygens (including phenoxy) is 1. The number of hydrogen-bond donors (Lipinski definition) is 0. The molecule has 0 aliphatic heterocycles. The lowest BCUT2D eigenvalue weighted by molar-refractivity contribution is 0.414. The Morgan fingerprint density at radius 2 is 1.38 bits per heavy atom. The molecule has 158 valence electrons. The Morgan fingerprint density at radius 3 is 2.03 bits per heavy atom. The van der Waals surface area contributed by atoms with Gasteiger partial charge in [0, 0.05) is 18.1 Å². The second kappa shape index (κ2) is 7.50. The summed E-state index contributed by atoms with van der Waals surface area (Å²) in [4.78, 5) is 31.2. The normalized spacial score (nSPS) is 11.2. The molecule has 0 saturated heterocycles. The molecule has 3 heterocycles. The first-order chi connectivity index (χ1) is 15.5. The van der Waals surface area contributed by atoms with E-state index in [4.69, 9.17) is 4.74 Å². The van der Waals surface area contributed by atoms with Gasteiger partial charge in [0.25, 0.3) is 11.1 Å². The molecule has 0 unspecified atom stereocenters. The molecule has 6 heteroatoms. The van der Waals surface area contributed by atoms with E-state index in [1.165, 1.54) is 0 Å². The molecule has 0 N–H and O–H groups in total. The van der Waals surface area contributed by atoms with E-state index in [1.54, 1.807) is 52.9 Å². The molecule has 3 aromatic heterocycles. The van der Waals surface area contributed by atoms with E-state index in [-0.39, 0.29) is 11.1 Å². The van der Waals surface area contributed by atoms with Gasteiger partial charge in [-0.2, -0.15) is 0 Å². The van der Waals surface area contributed by atoms with Gasteiger partial charge in [-0.15, -0.1) is 0 Å². The number of aromatic nitrogens is 3. The maximum atomic E-state index is 13.4. The standard InChI is InChI=1S/C26H21N3O3/c1-16-4-5-17(2)24(14-16)29-13-11-23-21(26(29)31)15-20-22(27-23)10-12-28(25(20)30)18-6-8-19(32-3)9-7-18/h4-15H,1-3H3. The van der Waals surface area contributed by atoms with Gasteiger partial charge in [0.15, 0.2) is 0 Å². The zero-order valence-corrected chi connectivity index (χ0v) is 18.0. The molecule has 0 aliphatic rings. The van der Waals surface area contributed by atoms with Crippen LogP contribution in [0.15, 0.2) is 82.6 Å². The van der Waals surface area contributed by atoms with Gasteiger partial charge in [-0.25, -0.2) is 4.98 Å². The van der Waals surface area contributed by atoms with E-state index >= 15 is 0 Å². The van der Waals surface area contributed by atoms with Crippen LogP contribution in [0, 0.1) is 13.8 Å². The average Bonchev–Trinajstić information content (AvgIpc) is 2.81. The van der Waals surface area contributed by atoms with E-state index in [0.29, 0.717) is 33.2 Å². The number of methoxy groups -OCH3 is 1. The highest BCUT2D eigenvalue weighted by Crippen LogP contribution is 2.20. The van der Waals surface area contributed by atoms with Crippen molar-refractivity contribution in [2.45, 2.75) is 13.8 Å². The van der Waals surface area contributed by atoms with Gasteiger partial charge in [0.1, 0.15) is 5.75 Å². The third-order valence-electron chi connectivity index (χ3n) is 5.72. The quantitative estimate of drug-likeness (QED) is 0.406. The van der Waals surface area contributed by atoms with Crippen LogP contribution in [0.2, 0.25) is 0 Å². The average molecular weight is 423 g/mol. The molecular weight excluding hydrogens is 402 g/mol. The molecule has 32 heavy (non-hydrogen) atoms. The summed E-state index contributed by atoms with van der Waals surface area (Å²) in [6.07, 6.45) is 3.44. The summed E-state index contributed by atoms with van der Waals surface area (Å²) in [6, 6.07) is 18.5. The minimum absolute atomic E-state index is 0.204. The van der Waals surface area contributed by atoms with E-state index in [9.17, 15) is 9.59 Å². The molecule has 0 radical (unpaired) electrons. The molecule has 0 aliphatic carbocycles. The van der Waals surface area contributed by atoms with Crippen molar-refractivity contribution < 1.29 is 4.74 Å². The van der Waals surface area contributed by atoms with Crippen LogP contribution in [0.25, 0.3) is 33.2 Å². The van der Waals surface area contributed by atoms with Crippen LogP contribution in [0.3, 0.4) is 0 Å². The lowest BCUT2D eigenvalue weighted by Gasteiger charge is -2.12. The van der Waals surface area contributed by atoms with Crippen molar-refractivity contribution in [3.63, 3.8) is 0 Å². The number of aryl methyl sites for hydroxylation is 2. The minimum Gasteiger partial charge on any atom is -0.497 e. The lowest BCUT2D eigenvalue weighted by Crippen LogP contribution is -2.21. The first-order valence-electron chi connectivity index (χ1n) is 10.3. The highest BCUT2D eigenvalue weighted by atomic mass is 16.5. The van der Waals surface area contributed by atoms with Gasteiger partial charge >= 0.3 is 0 Å². The Labute approximate surface area is 184 Å². The first kappa shape index (κ1) is 19.8. The van der Waals surface area contributed by atoms with Crippen molar-refractivity contribution in [3.05, 3.63) is 105 Å². The molecule has 0 saturated carbocycles. The van der Waals surface area contributed by atoms with Crippen LogP contribution < -0.4 is 15.9 Å². The van der Waals surface area contributed by atoms with Crippen molar-refractivity contribution in [1.82, 2.24) is 14.1 Å². The van der Waals surface area contributed by atoms with Crippen molar-refractivity contribution in [1.29, 1.82) is 0 Å². The second-order valence-electron chi connectivity index (χ2n) is 7.82. The van der Waals surface area contributed by atoms with Gasteiger partial charge in [0.05, 0.1) is 34.6 Å². The molecule has 2 aromatic carbocycles. The maximum Gasteiger partial charge on any atom is 0.264 e. The van der Waals surface area contributed by atoms with Crippen molar-refractivity contribution in [3.8, 4) is 17.1 Å². The van der Waals surface area contributed by atoms with Gasteiger partial charge in [-0.05, 0) is 73.5 Å². The van der Waals surface area contributed by atoms with Crippen LogP contribution in [-0.4, -0.2) is 21.2 Å². The van der Waals surface area contributed by atoms with Gasteiger partial charge in [-0.1, -0.05) is 12.1 Å². The second-order valence-corrected chi connectivity index (χ2v) is 7.82. The van der Waals surface area contributed by atoms with Crippen molar-refractivity contribution >= 4 is 21.8 Å². The fourth-order valence-corrected chi connectivity index (χ4v) is 3.94. The molecule has 0 bridgehead atoms. The van der Waals surface area contributed by atoms with Gasteiger partial charge < -0.3 is 4.74 Å². The summed E-state index contributed by atoms with van der Waals surface area (Å²) in [5, 5.41) is 0.803. The summed E-state index contributed by atoms with van der Waals surface area (Å²) in [7, 11) is 1.60. The first-order valence-corrected chi connectivity index (χ1v) is 10.3. The van der Waals surface area contributed by atoms with Crippen LogP contribution in [0.5, 0.6) is 5.75 Å². The largest absolute Gasteiger partial charge is 0.497 e. The molecule has 0 fully saturated rings. The number of benzene rings is 2. The Hall–Kier alpha value is -4.19. The Balaban J connectivity index is 1.74. The molecular formula is C26H21N3O3. The molecule has 5 aromatic rings. The summed E-state index contributed by atoms with van der Waals surface area (Å²) < 4.78 is 8.35. The highest BCUT2D eigenvalue weighted by molar-refractivity contribution is 5.91. The Morgan fingerprint density at radius 1 is 0.750 bits per heavy atom. The molecule has 0 amide bonds. The topological polar surface area (TPSA) is 66.1 Å². The smallest absolute Gasteiger partial charge is 0.264 e.